The molecule has 1 N–H and O–H groups in total. The van der Waals surface area contributed by atoms with Gasteiger partial charge in [-0.05, 0) is 53.7 Å². The molecule has 0 saturated carbocycles. The number of amides is 1. The van der Waals surface area contributed by atoms with E-state index in [4.69, 9.17) is 14.2 Å². The van der Waals surface area contributed by atoms with Crippen molar-refractivity contribution in [2.45, 2.75) is 6.54 Å². The minimum absolute atomic E-state index is 0.0355. The number of nitrogens with one attached hydrogen (secondary N) is 1. The number of methoxy groups -OCH3 is 2. The summed E-state index contributed by atoms with van der Waals surface area (Å²) in [6.07, 6.45) is 0. The summed E-state index contributed by atoms with van der Waals surface area (Å²) in [5, 5.41) is 5.17. The number of hydrogen-bond donors (Lipinski definition) is 1. The van der Waals surface area contributed by atoms with Gasteiger partial charge in [0.05, 0.1) is 27.3 Å². The molecule has 0 unspecified atom stereocenters. The van der Waals surface area contributed by atoms with Crippen LogP contribution in [0.1, 0.15) is 5.56 Å². The van der Waals surface area contributed by atoms with Crippen LogP contribution in [0.2, 0.25) is 0 Å². The van der Waals surface area contributed by atoms with Crippen LogP contribution >= 0.6 is 0 Å². The molecule has 0 aliphatic heterocycles. The van der Waals surface area contributed by atoms with E-state index in [0.29, 0.717) is 37.7 Å². The number of para-hydroxylation sites is 2. The molecule has 0 atom stereocenters. The monoisotopic (exact) mass is 408 g/mol. The minimum Gasteiger partial charge on any atom is -0.497 e. The SMILES string of the molecule is COc1ccc2cc(CN(C)CC(=O)NCCOc3ccccc3OC)ccc2c1. The van der Waals surface area contributed by atoms with Crippen molar-refractivity contribution < 1.29 is 19.0 Å². The number of ether oxygens (including phenoxy) is 3. The molecule has 0 bridgehead atoms. The number of carbonyl (C=O) groups excluding carboxylic acids is 1. The summed E-state index contributed by atoms with van der Waals surface area (Å²) in [6.45, 7) is 1.81. The Morgan fingerprint density at radius 3 is 2.43 bits per heavy atom. The van der Waals surface area contributed by atoms with Crippen LogP contribution in [-0.4, -0.2) is 51.8 Å². The van der Waals surface area contributed by atoms with E-state index in [0.717, 1.165) is 22.1 Å². The predicted molar refractivity (Wildman–Crippen MR) is 118 cm³/mol. The van der Waals surface area contributed by atoms with Crippen LogP contribution < -0.4 is 19.5 Å². The fraction of sp³-hybridized carbons (Fsp3) is 0.292. The number of fused-ring (bicyclic) bond motifs is 1. The molecule has 0 aliphatic rings. The summed E-state index contributed by atoms with van der Waals surface area (Å²) in [5.74, 6) is 2.16. The van der Waals surface area contributed by atoms with E-state index in [1.165, 1.54) is 0 Å². The maximum atomic E-state index is 12.2. The van der Waals surface area contributed by atoms with Crippen LogP contribution in [0.15, 0.2) is 60.7 Å². The van der Waals surface area contributed by atoms with Crippen LogP contribution in [0.3, 0.4) is 0 Å². The number of rotatable bonds is 10. The topological polar surface area (TPSA) is 60.0 Å². The molecule has 0 aliphatic carbocycles. The van der Waals surface area contributed by atoms with Gasteiger partial charge in [-0.2, -0.15) is 0 Å². The molecule has 0 spiro atoms. The van der Waals surface area contributed by atoms with E-state index in [1.807, 2.05) is 54.4 Å². The molecule has 6 heteroatoms. The predicted octanol–water partition coefficient (Wildman–Crippen LogP) is 3.48. The zero-order valence-corrected chi connectivity index (χ0v) is 17.7. The van der Waals surface area contributed by atoms with Crippen molar-refractivity contribution in [1.82, 2.24) is 10.2 Å². The van der Waals surface area contributed by atoms with Gasteiger partial charge in [0.1, 0.15) is 12.4 Å². The van der Waals surface area contributed by atoms with Gasteiger partial charge in [-0.15, -0.1) is 0 Å². The fourth-order valence-corrected chi connectivity index (χ4v) is 3.26. The summed E-state index contributed by atoms with van der Waals surface area (Å²) < 4.78 is 16.2. The minimum atomic E-state index is -0.0355. The van der Waals surface area contributed by atoms with E-state index in [1.54, 1.807) is 14.2 Å². The highest BCUT2D eigenvalue weighted by Crippen LogP contribution is 2.25. The first-order valence-corrected chi connectivity index (χ1v) is 9.87. The molecule has 6 nitrogen and oxygen atoms in total. The van der Waals surface area contributed by atoms with Crippen molar-refractivity contribution in [3.05, 3.63) is 66.2 Å². The van der Waals surface area contributed by atoms with E-state index < -0.39 is 0 Å². The molecule has 3 aromatic carbocycles. The second-order valence-electron chi connectivity index (χ2n) is 7.07. The van der Waals surface area contributed by atoms with Crippen molar-refractivity contribution in [1.29, 1.82) is 0 Å². The largest absolute Gasteiger partial charge is 0.497 e. The highest BCUT2D eigenvalue weighted by Gasteiger charge is 2.08. The zero-order chi connectivity index (χ0) is 21.3. The normalized spacial score (nSPS) is 10.8. The van der Waals surface area contributed by atoms with Crippen molar-refractivity contribution in [3.63, 3.8) is 0 Å². The van der Waals surface area contributed by atoms with Gasteiger partial charge >= 0.3 is 0 Å². The first-order valence-electron chi connectivity index (χ1n) is 9.87. The maximum absolute atomic E-state index is 12.2. The second-order valence-corrected chi connectivity index (χ2v) is 7.07. The Morgan fingerprint density at radius 1 is 0.933 bits per heavy atom. The zero-order valence-electron chi connectivity index (χ0n) is 17.7. The van der Waals surface area contributed by atoms with E-state index in [9.17, 15) is 4.79 Å². The van der Waals surface area contributed by atoms with E-state index in [-0.39, 0.29) is 5.91 Å². The lowest BCUT2D eigenvalue weighted by Gasteiger charge is -2.17. The summed E-state index contributed by atoms with van der Waals surface area (Å²) in [4.78, 5) is 14.2. The lowest BCUT2D eigenvalue weighted by Crippen LogP contribution is -2.36. The molecule has 0 fully saturated rings. The molecule has 0 aromatic heterocycles. The Morgan fingerprint density at radius 2 is 1.67 bits per heavy atom. The molecule has 1 amide bonds. The maximum Gasteiger partial charge on any atom is 0.234 e. The number of benzene rings is 3. The van der Waals surface area contributed by atoms with Crippen LogP contribution in [0.4, 0.5) is 0 Å². The van der Waals surface area contributed by atoms with Gasteiger partial charge in [0.25, 0.3) is 0 Å². The first-order chi connectivity index (χ1) is 14.6. The van der Waals surface area contributed by atoms with Crippen molar-refractivity contribution in [2.75, 3.05) is 41.0 Å². The third-order valence-electron chi connectivity index (χ3n) is 4.73. The first kappa shape index (κ1) is 21.5. The molecule has 0 heterocycles. The Kier molecular flexibility index (Phi) is 7.51. The van der Waals surface area contributed by atoms with Crippen molar-refractivity contribution in [3.8, 4) is 17.2 Å². The van der Waals surface area contributed by atoms with Gasteiger partial charge in [0.15, 0.2) is 11.5 Å². The lowest BCUT2D eigenvalue weighted by atomic mass is 10.1. The third kappa shape index (κ3) is 5.87. The number of nitrogens with zero attached hydrogens (tertiary/aromatic N) is 1. The second kappa shape index (κ2) is 10.5. The molecule has 30 heavy (non-hydrogen) atoms. The van der Waals surface area contributed by atoms with Gasteiger partial charge in [-0.25, -0.2) is 0 Å². The summed E-state index contributed by atoms with van der Waals surface area (Å²) in [5.41, 5.74) is 1.16. The molecular formula is C24H28N2O4. The van der Waals surface area contributed by atoms with Crippen molar-refractivity contribution in [2.24, 2.45) is 0 Å². The highest BCUT2D eigenvalue weighted by atomic mass is 16.5. The molecule has 3 aromatic rings. The van der Waals surface area contributed by atoms with E-state index in [2.05, 4.69) is 23.5 Å². The average molecular weight is 408 g/mol. The molecule has 0 radical (unpaired) electrons. The molecule has 158 valence electrons. The van der Waals surface area contributed by atoms with Gasteiger partial charge in [-0.3, -0.25) is 9.69 Å². The summed E-state index contributed by atoms with van der Waals surface area (Å²) in [6, 6.07) is 19.8. The average Bonchev–Trinajstić information content (AvgIpc) is 2.76. The number of carbonyl (C=O) groups is 1. The third-order valence-corrected chi connectivity index (χ3v) is 4.73. The van der Waals surface area contributed by atoms with Gasteiger partial charge in [-0.1, -0.05) is 30.3 Å². The highest BCUT2D eigenvalue weighted by molar-refractivity contribution is 5.84. The van der Waals surface area contributed by atoms with Crippen molar-refractivity contribution >= 4 is 16.7 Å². The van der Waals surface area contributed by atoms with Gasteiger partial charge in [0, 0.05) is 6.54 Å². The molecular weight excluding hydrogens is 380 g/mol. The smallest absolute Gasteiger partial charge is 0.234 e. The van der Waals surface area contributed by atoms with Crippen LogP contribution in [0, 0.1) is 0 Å². The Balaban J connectivity index is 1.43. The quantitative estimate of drug-likeness (QED) is 0.521. The summed E-state index contributed by atoms with van der Waals surface area (Å²) in [7, 11) is 5.20. The Labute approximate surface area is 177 Å². The van der Waals surface area contributed by atoms with Crippen LogP contribution in [0.25, 0.3) is 10.8 Å². The Bertz CT molecular complexity index is 990. The lowest BCUT2D eigenvalue weighted by molar-refractivity contribution is -0.122. The molecule has 0 saturated heterocycles. The van der Waals surface area contributed by atoms with Crippen LogP contribution in [-0.2, 0) is 11.3 Å². The van der Waals surface area contributed by atoms with Crippen LogP contribution in [0.5, 0.6) is 17.2 Å². The fourth-order valence-electron chi connectivity index (χ4n) is 3.26. The Hall–Kier alpha value is -3.25. The number of likely N-dealkylation sites (N-methyl/N-ethyl adjacent to an activating group) is 1. The van der Waals surface area contributed by atoms with Gasteiger partial charge in [0.2, 0.25) is 5.91 Å². The van der Waals surface area contributed by atoms with Gasteiger partial charge < -0.3 is 19.5 Å². The molecule has 3 rings (SSSR count). The number of hydrogen-bond acceptors (Lipinski definition) is 5. The summed E-state index contributed by atoms with van der Waals surface area (Å²) >= 11 is 0. The standard InChI is InChI=1S/C24H28N2O4/c1-26(16-18-8-9-20-15-21(28-2)11-10-19(20)14-18)17-24(27)25-12-13-30-23-7-5-4-6-22(23)29-3/h4-11,14-15H,12-13,16-17H2,1-3H3,(H,25,27). The van der Waals surface area contributed by atoms with E-state index >= 15 is 0 Å².